The van der Waals surface area contributed by atoms with Gasteiger partial charge in [-0.05, 0) is 64.0 Å². The number of carbonyl (C=O) groups excluding carboxylic acids is 1. The topological polar surface area (TPSA) is 91.4 Å². The van der Waals surface area contributed by atoms with E-state index in [1.54, 1.807) is 18.2 Å². The van der Waals surface area contributed by atoms with Crippen LogP contribution in [0.5, 0.6) is 5.75 Å². The van der Waals surface area contributed by atoms with Crippen LogP contribution in [0.25, 0.3) is 0 Å². The molecule has 1 amide bonds. The van der Waals surface area contributed by atoms with Crippen molar-refractivity contribution >= 4 is 23.4 Å². The minimum Gasteiger partial charge on any atom is -0.495 e. The molecule has 1 saturated carbocycles. The molecule has 0 spiro atoms. The second kappa shape index (κ2) is 12.9. The number of anilines is 3. The summed E-state index contributed by atoms with van der Waals surface area (Å²) in [4.78, 5) is 23.0. The molecule has 204 valence electrons. The first-order valence-electron chi connectivity index (χ1n) is 12.9. The molecule has 1 saturated heterocycles. The molecule has 1 aliphatic carbocycles. The number of methoxy groups -OCH3 is 1. The quantitative estimate of drug-likeness (QED) is 0.445. The first-order valence-corrected chi connectivity index (χ1v) is 12.9. The molecule has 2 heterocycles. The lowest BCUT2D eigenvalue weighted by Crippen LogP contribution is -2.43. The summed E-state index contributed by atoms with van der Waals surface area (Å²) in [6, 6.07) is 4.93. The van der Waals surface area contributed by atoms with Gasteiger partial charge < -0.3 is 25.6 Å². The van der Waals surface area contributed by atoms with Crippen LogP contribution in [0.1, 0.15) is 68.3 Å². The number of benzene rings is 1. The number of nitrogens with zero attached hydrogens (tertiary/aromatic N) is 3. The Bertz CT molecular complexity index is 1040. The highest BCUT2D eigenvalue weighted by atomic mass is 19.4. The van der Waals surface area contributed by atoms with E-state index in [9.17, 15) is 18.0 Å². The van der Waals surface area contributed by atoms with E-state index in [0.29, 0.717) is 17.0 Å². The minimum atomic E-state index is -4.57. The molecule has 2 aliphatic rings. The van der Waals surface area contributed by atoms with Gasteiger partial charge in [0.2, 0.25) is 5.95 Å². The second-order valence-electron chi connectivity index (χ2n) is 9.17. The van der Waals surface area contributed by atoms with E-state index in [1.165, 1.54) is 7.11 Å². The maximum Gasteiger partial charge on any atom is 0.421 e. The number of carbonyl (C=O) groups is 1. The van der Waals surface area contributed by atoms with Crippen molar-refractivity contribution in [3.05, 3.63) is 35.5 Å². The molecular formula is C26H37F3N6O2. The molecule has 3 N–H and O–H groups in total. The maximum atomic E-state index is 13.5. The lowest BCUT2D eigenvalue weighted by atomic mass is 10.0. The van der Waals surface area contributed by atoms with Crippen molar-refractivity contribution in [2.45, 2.75) is 70.6 Å². The molecule has 4 rings (SSSR count). The van der Waals surface area contributed by atoms with Crippen LogP contribution in [0.2, 0.25) is 0 Å². The fraction of sp³-hybridized carbons (Fsp3) is 0.577. The average molecular weight is 523 g/mol. The lowest BCUT2D eigenvalue weighted by molar-refractivity contribution is -0.137. The summed E-state index contributed by atoms with van der Waals surface area (Å²) < 4.78 is 45.9. The summed E-state index contributed by atoms with van der Waals surface area (Å²) in [5.74, 6) is -0.0802. The van der Waals surface area contributed by atoms with Crippen LogP contribution in [0.4, 0.5) is 30.6 Å². The van der Waals surface area contributed by atoms with Gasteiger partial charge in [0.1, 0.15) is 17.1 Å². The Morgan fingerprint density at radius 3 is 2.38 bits per heavy atom. The molecule has 1 aliphatic heterocycles. The number of ether oxygens (including phenoxy) is 1. The van der Waals surface area contributed by atoms with Gasteiger partial charge in [0.15, 0.2) is 0 Å². The largest absolute Gasteiger partial charge is 0.495 e. The van der Waals surface area contributed by atoms with Crippen molar-refractivity contribution in [3.8, 4) is 5.75 Å². The Morgan fingerprint density at radius 2 is 1.76 bits per heavy atom. The summed E-state index contributed by atoms with van der Waals surface area (Å²) >= 11 is 0. The van der Waals surface area contributed by atoms with E-state index < -0.39 is 11.7 Å². The molecular weight excluding hydrogens is 485 g/mol. The van der Waals surface area contributed by atoms with Gasteiger partial charge in [-0.1, -0.05) is 26.7 Å². The molecule has 8 nitrogen and oxygen atoms in total. The number of hydrogen-bond donors (Lipinski definition) is 3. The summed E-state index contributed by atoms with van der Waals surface area (Å²) in [7, 11) is 3.52. The van der Waals surface area contributed by atoms with Gasteiger partial charge in [-0.15, -0.1) is 0 Å². The van der Waals surface area contributed by atoms with Crippen molar-refractivity contribution in [3.63, 3.8) is 0 Å². The van der Waals surface area contributed by atoms with Gasteiger partial charge in [0.25, 0.3) is 5.91 Å². The Morgan fingerprint density at radius 1 is 1.08 bits per heavy atom. The standard InChI is InChI=1S/C24H31F3N6O2.C2H6/c1-33-11-9-17(10-12-33)30-22(34)15-7-8-19(20(13-15)35-2)31-23-28-14-18(24(25,26)27)21(32-23)29-16-5-3-4-6-16;1-2/h7-8,13-14,16-17H,3-6,9-12H2,1-2H3,(H,30,34)(H2,28,29,31,32);1-2H3. The van der Waals surface area contributed by atoms with Gasteiger partial charge in [-0.25, -0.2) is 4.98 Å². The van der Waals surface area contributed by atoms with E-state index in [-0.39, 0.29) is 29.8 Å². The highest BCUT2D eigenvalue weighted by molar-refractivity contribution is 5.95. The van der Waals surface area contributed by atoms with Crippen LogP contribution < -0.4 is 20.7 Å². The summed E-state index contributed by atoms with van der Waals surface area (Å²) in [6.45, 7) is 5.86. The maximum absolute atomic E-state index is 13.5. The molecule has 1 aromatic heterocycles. The van der Waals surface area contributed by atoms with Crippen LogP contribution >= 0.6 is 0 Å². The fourth-order valence-corrected chi connectivity index (χ4v) is 4.50. The molecule has 0 unspecified atom stereocenters. The Labute approximate surface area is 216 Å². The van der Waals surface area contributed by atoms with Gasteiger partial charge in [-0.3, -0.25) is 4.79 Å². The van der Waals surface area contributed by atoms with E-state index in [1.807, 2.05) is 13.8 Å². The zero-order chi connectivity index (χ0) is 27.0. The molecule has 37 heavy (non-hydrogen) atoms. The zero-order valence-corrected chi connectivity index (χ0v) is 21.9. The van der Waals surface area contributed by atoms with E-state index >= 15 is 0 Å². The lowest BCUT2D eigenvalue weighted by Gasteiger charge is -2.29. The Hall–Kier alpha value is -3.08. The van der Waals surface area contributed by atoms with Crippen molar-refractivity contribution in [1.82, 2.24) is 20.2 Å². The van der Waals surface area contributed by atoms with E-state index in [4.69, 9.17) is 4.74 Å². The normalized spacial score (nSPS) is 17.1. The van der Waals surface area contributed by atoms with Gasteiger partial charge in [0.05, 0.1) is 12.8 Å². The smallest absolute Gasteiger partial charge is 0.421 e. The third kappa shape index (κ3) is 7.70. The van der Waals surface area contributed by atoms with Crippen LogP contribution in [-0.4, -0.2) is 60.1 Å². The van der Waals surface area contributed by atoms with Crippen LogP contribution in [0.3, 0.4) is 0 Å². The number of rotatable bonds is 7. The fourth-order valence-electron chi connectivity index (χ4n) is 4.50. The number of nitrogens with one attached hydrogen (secondary N) is 3. The summed E-state index contributed by atoms with van der Waals surface area (Å²) in [5.41, 5.74) is -0.0268. The van der Waals surface area contributed by atoms with Crippen LogP contribution in [-0.2, 0) is 6.18 Å². The summed E-state index contributed by atoms with van der Waals surface area (Å²) in [5, 5.41) is 8.92. The molecule has 11 heteroatoms. The second-order valence-corrected chi connectivity index (χ2v) is 9.17. The number of alkyl halides is 3. The highest BCUT2D eigenvalue weighted by Gasteiger charge is 2.36. The zero-order valence-electron chi connectivity index (χ0n) is 21.9. The molecule has 0 radical (unpaired) electrons. The van der Waals surface area contributed by atoms with E-state index in [2.05, 4.69) is 37.9 Å². The Kier molecular flexibility index (Phi) is 9.96. The van der Waals surface area contributed by atoms with Crippen molar-refractivity contribution in [2.75, 3.05) is 37.9 Å². The third-order valence-corrected chi connectivity index (χ3v) is 6.55. The summed E-state index contributed by atoms with van der Waals surface area (Å²) in [6.07, 6.45) is 1.55. The minimum absolute atomic E-state index is 0.000300. The van der Waals surface area contributed by atoms with Crippen LogP contribution in [0.15, 0.2) is 24.4 Å². The molecule has 2 fully saturated rings. The van der Waals surface area contributed by atoms with Gasteiger partial charge in [-0.2, -0.15) is 18.2 Å². The predicted octanol–water partition coefficient (Wildman–Crippen LogP) is 5.45. The van der Waals surface area contributed by atoms with Crippen molar-refractivity contribution in [1.29, 1.82) is 0 Å². The molecule has 1 aromatic carbocycles. The van der Waals surface area contributed by atoms with E-state index in [0.717, 1.165) is 57.8 Å². The first kappa shape index (κ1) is 28.5. The van der Waals surface area contributed by atoms with Crippen LogP contribution in [0, 0.1) is 0 Å². The van der Waals surface area contributed by atoms with Crippen molar-refractivity contribution in [2.24, 2.45) is 0 Å². The molecule has 0 bridgehead atoms. The third-order valence-electron chi connectivity index (χ3n) is 6.55. The SMILES string of the molecule is CC.COc1cc(C(=O)NC2CCN(C)CC2)ccc1Nc1ncc(C(F)(F)F)c(NC2CCCC2)n1. The number of piperidine rings is 1. The predicted molar refractivity (Wildman–Crippen MR) is 139 cm³/mol. The van der Waals surface area contributed by atoms with Crippen molar-refractivity contribution < 1.29 is 22.7 Å². The number of hydrogen-bond acceptors (Lipinski definition) is 7. The average Bonchev–Trinajstić information content (AvgIpc) is 3.39. The number of halogens is 3. The molecule has 2 aromatic rings. The van der Waals surface area contributed by atoms with Gasteiger partial charge in [0, 0.05) is 23.8 Å². The molecule has 0 atom stereocenters. The first-order chi connectivity index (χ1) is 17.7. The number of likely N-dealkylation sites (tertiary alicyclic amines) is 1. The number of amides is 1. The number of aromatic nitrogens is 2. The monoisotopic (exact) mass is 522 g/mol. The highest BCUT2D eigenvalue weighted by Crippen LogP contribution is 2.36. The Balaban J connectivity index is 0.00000186. The van der Waals surface area contributed by atoms with Gasteiger partial charge >= 0.3 is 6.18 Å².